The Bertz CT molecular complexity index is 404. The number of allylic oxidation sites excluding steroid dienone is 2. The minimum Gasteiger partial charge on any atom is -0.362 e. The van der Waals surface area contributed by atoms with Gasteiger partial charge < -0.3 is 5.32 Å². The van der Waals surface area contributed by atoms with Crippen molar-refractivity contribution < 1.29 is 0 Å². The summed E-state index contributed by atoms with van der Waals surface area (Å²) in [7, 11) is 0. The molecule has 3 rings (SSSR count). The van der Waals surface area contributed by atoms with Crippen molar-refractivity contribution in [3.63, 3.8) is 0 Å². The number of rotatable bonds is 0. The summed E-state index contributed by atoms with van der Waals surface area (Å²) in [4.78, 5) is 4.30. The van der Waals surface area contributed by atoms with E-state index in [-0.39, 0.29) is 0 Å². The van der Waals surface area contributed by atoms with E-state index in [0.29, 0.717) is 6.04 Å². The molecule has 0 fully saturated rings. The lowest BCUT2D eigenvalue weighted by Gasteiger charge is -2.12. The second kappa shape index (κ2) is 2.46. The Morgan fingerprint density at radius 2 is 2.46 bits per heavy atom. The fourth-order valence-electron chi connectivity index (χ4n) is 1.96. The largest absolute Gasteiger partial charge is 0.362 e. The number of hydrogen-bond acceptors (Lipinski definition) is 2. The summed E-state index contributed by atoms with van der Waals surface area (Å²) in [5, 5.41) is 3.41. The van der Waals surface area contributed by atoms with Crippen molar-refractivity contribution in [1.82, 2.24) is 4.98 Å². The van der Waals surface area contributed by atoms with Crippen LogP contribution in [-0.2, 0) is 0 Å². The third-order valence-corrected chi connectivity index (χ3v) is 2.59. The summed E-state index contributed by atoms with van der Waals surface area (Å²) >= 11 is 0. The SMILES string of the molecule is C1=CCC2Nc3ncccc3C2=C1. The quantitative estimate of drug-likeness (QED) is 0.645. The molecule has 13 heavy (non-hydrogen) atoms. The average Bonchev–Trinajstić information content (AvgIpc) is 2.56. The predicted octanol–water partition coefficient (Wildman–Crippen LogP) is 2.22. The Morgan fingerprint density at radius 1 is 1.46 bits per heavy atom. The van der Waals surface area contributed by atoms with Crippen LogP contribution in [0.5, 0.6) is 0 Å². The number of fused-ring (bicyclic) bond motifs is 3. The summed E-state index contributed by atoms with van der Waals surface area (Å²) in [6, 6.07) is 4.57. The van der Waals surface area contributed by atoms with E-state index in [2.05, 4.69) is 34.6 Å². The van der Waals surface area contributed by atoms with E-state index in [9.17, 15) is 0 Å². The highest BCUT2D eigenvalue weighted by Gasteiger charge is 2.26. The Kier molecular flexibility index (Phi) is 1.30. The minimum atomic E-state index is 0.454. The molecule has 64 valence electrons. The molecule has 0 saturated carbocycles. The van der Waals surface area contributed by atoms with Gasteiger partial charge in [0.25, 0.3) is 0 Å². The molecule has 1 atom stereocenters. The molecule has 0 radical (unpaired) electrons. The van der Waals surface area contributed by atoms with E-state index < -0.39 is 0 Å². The first-order valence-electron chi connectivity index (χ1n) is 4.54. The first-order chi connectivity index (χ1) is 6.45. The molecule has 2 aliphatic rings. The summed E-state index contributed by atoms with van der Waals surface area (Å²) < 4.78 is 0. The number of aromatic nitrogens is 1. The van der Waals surface area contributed by atoms with Gasteiger partial charge in [0.1, 0.15) is 5.82 Å². The van der Waals surface area contributed by atoms with Crippen LogP contribution in [0, 0.1) is 0 Å². The van der Waals surface area contributed by atoms with Crippen LogP contribution >= 0.6 is 0 Å². The Balaban J connectivity index is 2.18. The van der Waals surface area contributed by atoms with Gasteiger partial charge in [-0.25, -0.2) is 4.98 Å². The molecule has 1 aromatic rings. The standard InChI is InChI=1S/C11H10N2/c1-2-6-10-8(4-1)9-5-3-7-12-11(9)13-10/h1-5,7,10H,6H2,(H,12,13). The number of pyridine rings is 1. The van der Waals surface area contributed by atoms with Crippen LogP contribution in [0.1, 0.15) is 12.0 Å². The highest BCUT2D eigenvalue weighted by molar-refractivity contribution is 5.86. The Labute approximate surface area is 77.0 Å². The second-order valence-electron chi connectivity index (χ2n) is 3.38. The Morgan fingerprint density at radius 3 is 3.46 bits per heavy atom. The predicted molar refractivity (Wildman–Crippen MR) is 53.4 cm³/mol. The number of nitrogens with one attached hydrogen (secondary N) is 1. The van der Waals surface area contributed by atoms with Crippen LogP contribution in [0.4, 0.5) is 5.82 Å². The van der Waals surface area contributed by atoms with Crippen LogP contribution < -0.4 is 5.32 Å². The van der Waals surface area contributed by atoms with Crippen molar-refractivity contribution in [3.05, 3.63) is 42.1 Å². The Hall–Kier alpha value is -1.57. The van der Waals surface area contributed by atoms with Crippen molar-refractivity contribution >= 4 is 11.4 Å². The van der Waals surface area contributed by atoms with Gasteiger partial charge in [-0.05, 0) is 24.1 Å². The lowest BCUT2D eigenvalue weighted by atomic mass is 9.97. The lowest BCUT2D eigenvalue weighted by molar-refractivity contribution is 0.923. The van der Waals surface area contributed by atoms with Gasteiger partial charge in [0.15, 0.2) is 0 Å². The molecule has 1 aromatic heterocycles. The van der Waals surface area contributed by atoms with Crippen LogP contribution in [0.15, 0.2) is 36.6 Å². The van der Waals surface area contributed by atoms with Crippen molar-refractivity contribution in [2.75, 3.05) is 5.32 Å². The molecule has 0 bridgehead atoms. The lowest BCUT2D eigenvalue weighted by Crippen LogP contribution is -2.14. The maximum Gasteiger partial charge on any atom is 0.134 e. The van der Waals surface area contributed by atoms with E-state index in [1.165, 1.54) is 11.1 Å². The van der Waals surface area contributed by atoms with Crippen LogP contribution in [-0.4, -0.2) is 11.0 Å². The molecule has 0 saturated heterocycles. The topological polar surface area (TPSA) is 24.9 Å². The fraction of sp³-hybridized carbons (Fsp3) is 0.182. The first kappa shape index (κ1) is 6.89. The van der Waals surface area contributed by atoms with E-state index in [1.807, 2.05) is 12.3 Å². The smallest absolute Gasteiger partial charge is 0.134 e. The van der Waals surface area contributed by atoms with Gasteiger partial charge in [-0.3, -0.25) is 0 Å². The highest BCUT2D eigenvalue weighted by atomic mass is 15.0. The maximum atomic E-state index is 4.30. The summed E-state index contributed by atoms with van der Waals surface area (Å²) in [6.45, 7) is 0. The second-order valence-corrected chi connectivity index (χ2v) is 3.38. The number of nitrogens with zero attached hydrogens (tertiary/aromatic N) is 1. The van der Waals surface area contributed by atoms with E-state index in [1.54, 1.807) is 0 Å². The fourth-order valence-corrected chi connectivity index (χ4v) is 1.96. The molecule has 1 aliphatic heterocycles. The molecule has 0 amide bonds. The highest BCUT2D eigenvalue weighted by Crippen LogP contribution is 2.36. The van der Waals surface area contributed by atoms with Gasteiger partial charge in [-0.1, -0.05) is 18.2 Å². The zero-order chi connectivity index (χ0) is 8.67. The molecule has 1 aliphatic carbocycles. The molecule has 2 nitrogen and oxygen atoms in total. The third kappa shape index (κ3) is 0.917. The maximum absolute atomic E-state index is 4.30. The molecule has 0 spiro atoms. The van der Waals surface area contributed by atoms with Crippen LogP contribution in [0.25, 0.3) is 5.57 Å². The van der Waals surface area contributed by atoms with Gasteiger partial charge in [0.2, 0.25) is 0 Å². The minimum absolute atomic E-state index is 0.454. The van der Waals surface area contributed by atoms with E-state index in [0.717, 1.165) is 12.2 Å². The van der Waals surface area contributed by atoms with Gasteiger partial charge in [-0.15, -0.1) is 0 Å². The average molecular weight is 170 g/mol. The third-order valence-electron chi connectivity index (χ3n) is 2.59. The van der Waals surface area contributed by atoms with Crippen LogP contribution in [0.2, 0.25) is 0 Å². The van der Waals surface area contributed by atoms with Gasteiger partial charge in [-0.2, -0.15) is 0 Å². The first-order valence-corrected chi connectivity index (χ1v) is 4.54. The number of anilines is 1. The molecule has 0 aromatic carbocycles. The monoisotopic (exact) mass is 170 g/mol. The van der Waals surface area contributed by atoms with Gasteiger partial charge >= 0.3 is 0 Å². The molecule has 1 N–H and O–H groups in total. The molecule has 2 heterocycles. The van der Waals surface area contributed by atoms with E-state index in [4.69, 9.17) is 0 Å². The molecular formula is C11H10N2. The molecule has 2 heteroatoms. The summed E-state index contributed by atoms with van der Waals surface area (Å²) in [6.07, 6.45) is 9.39. The summed E-state index contributed by atoms with van der Waals surface area (Å²) in [5.41, 5.74) is 2.64. The van der Waals surface area contributed by atoms with E-state index >= 15 is 0 Å². The van der Waals surface area contributed by atoms with Gasteiger partial charge in [0.05, 0.1) is 6.04 Å². The van der Waals surface area contributed by atoms with Gasteiger partial charge in [0, 0.05) is 11.8 Å². The molecular weight excluding hydrogens is 160 g/mol. The zero-order valence-corrected chi connectivity index (χ0v) is 7.20. The van der Waals surface area contributed by atoms with Crippen molar-refractivity contribution in [3.8, 4) is 0 Å². The summed E-state index contributed by atoms with van der Waals surface area (Å²) in [5.74, 6) is 1.03. The van der Waals surface area contributed by atoms with Crippen LogP contribution in [0.3, 0.4) is 0 Å². The molecule has 1 unspecified atom stereocenters. The normalized spacial score (nSPS) is 23.1. The van der Waals surface area contributed by atoms with Crippen molar-refractivity contribution in [2.24, 2.45) is 0 Å². The van der Waals surface area contributed by atoms with Crippen molar-refractivity contribution in [2.45, 2.75) is 12.5 Å². The van der Waals surface area contributed by atoms with Crippen molar-refractivity contribution in [1.29, 1.82) is 0 Å². The zero-order valence-electron chi connectivity index (χ0n) is 7.20. The number of hydrogen-bond donors (Lipinski definition) is 1.